The van der Waals surface area contributed by atoms with Crippen LogP contribution in [0.1, 0.15) is 28.4 Å². The Balaban J connectivity index is 3.30. The number of carbonyl (C=O) groups is 1. The predicted molar refractivity (Wildman–Crippen MR) is 55.8 cm³/mol. The molecule has 0 N–H and O–H groups in total. The van der Waals surface area contributed by atoms with E-state index >= 15 is 0 Å². The van der Waals surface area contributed by atoms with Gasteiger partial charge in [0, 0.05) is 5.56 Å². The highest BCUT2D eigenvalue weighted by Gasteiger charge is 2.33. The highest BCUT2D eigenvalue weighted by Crippen LogP contribution is 2.33. The van der Waals surface area contributed by atoms with Gasteiger partial charge < -0.3 is 0 Å². The predicted octanol–water partition coefficient (Wildman–Crippen LogP) is 3.82. The number of Topliss-reactive ketones (excluding diaryl/α,β-unsaturated/α-hetero) is 1. The van der Waals surface area contributed by atoms with E-state index in [2.05, 4.69) is 0 Å². The molecule has 0 radical (unpaired) electrons. The maximum atomic E-state index is 12.5. The minimum atomic E-state index is -4.45. The van der Waals surface area contributed by atoms with Crippen LogP contribution >= 0.6 is 11.6 Å². The number of carbonyl (C=O) groups excluding carboxylic acids is 1. The van der Waals surface area contributed by atoms with Crippen LogP contribution in [0.2, 0.25) is 0 Å². The second kappa shape index (κ2) is 4.45. The zero-order valence-electron chi connectivity index (χ0n) is 8.73. The molecule has 0 saturated heterocycles. The first-order valence-electron chi connectivity index (χ1n) is 4.60. The molecule has 0 aliphatic rings. The Morgan fingerprint density at radius 3 is 2.38 bits per heavy atom. The minimum absolute atomic E-state index is 0.0253. The van der Waals surface area contributed by atoms with Crippen LogP contribution in [0.5, 0.6) is 0 Å². The SMILES string of the molecule is Cc1c(C(=O)C(C)Cl)cccc1C(F)(F)F. The van der Waals surface area contributed by atoms with Crippen LogP contribution in [0.4, 0.5) is 13.2 Å². The standard InChI is InChI=1S/C11H10ClF3O/c1-6-8(10(16)7(2)12)4-3-5-9(6)11(13,14)15/h3-5,7H,1-2H3. The lowest BCUT2D eigenvalue weighted by atomic mass is 9.98. The molecule has 0 amide bonds. The fourth-order valence-electron chi connectivity index (χ4n) is 1.42. The summed E-state index contributed by atoms with van der Waals surface area (Å²) in [4.78, 5) is 11.5. The molecule has 1 aromatic carbocycles. The maximum absolute atomic E-state index is 12.5. The second-order valence-electron chi connectivity index (χ2n) is 3.46. The van der Waals surface area contributed by atoms with Crippen molar-refractivity contribution in [2.45, 2.75) is 25.4 Å². The summed E-state index contributed by atoms with van der Waals surface area (Å²) in [5.41, 5.74) is -0.847. The summed E-state index contributed by atoms with van der Waals surface area (Å²) >= 11 is 5.57. The van der Waals surface area contributed by atoms with Crippen LogP contribution in [0, 0.1) is 6.92 Å². The Hall–Kier alpha value is -1.03. The van der Waals surface area contributed by atoms with E-state index in [1.54, 1.807) is 0 Å². The van der Waals surface area contributed by atoms with Crippen molar-refractivity contribution in [1.82, 2.24) is 0 Å². The van der Waals surface area contributed by atoms with Crippen molar-refractivity contribution in [3.05, 3.63) is 34.9 Å². The Morgan fingerprint density at radius 1 is 1.38 bits per heavy atom. The Morgan fingerprint density at radius 2 is 1.94 bits per heavy atom. The number of halogens is 4. The summed E-state index contributed by atoms with van der Waals surface area (Å²) in [6, 6.07) is 3.51. The molecule has 88 valence electrons. The van der Waals surface area contributed by atoms with E-state index in [9.17, 15) is 18.0 Å². The molecule has 1 atom stereocenters. The van der Waals surface area contributed by atoms with Gasteiger partial charge in [0.1, 0.15) is 0 Å². The molecule has 0 heterocycles. The van der Waals surface area contributed by atoms with E-state index < -0.39 is 22.9 Å². The van der Waals surface area contributed by atoms with Crippen molar-refractivity contribution in [3.8, 4) is 0 Å². The van der Waals surface area contributed by atoms with Crippen molar-refractivity contribution >= 4 is 17.4 Å². The average Bonchev–Trinajstić information content (AvgIpc) is 2.15. The molecular formula is C11H10ClF3O. The largest absolute Gasteiger partial charge is 0.416 e. The fourth-order valence-corrected chi connectivity index (χ4v) is 1.54. The molecule has 0 aliphatic heterocycles. The lowest BCUT2D eigenvalue weighted by Gasteiger charge is -2.13. The molecule has 0 aromatic heterocycles. The fraction of sp³-hybridized carbons (Fsp3) is 0.364. The van der Waals surface area contributed by atoms with E-state index in [1.807, 2.05) is 0 Å². The Labute approximate surface area is 96.2 Å². The molecule has 1 nitrogen and oxygen atoms in total. The number of hydrogen-bond donors (Lipinski definition) is 0. The normalized spacial score (nSPS) is 13.6. The van der Waals surface area contributed by atoms with E-state index in [4.69, 9.17) is 11.6 Å². The van der Waals surface area contributed by atoms with Gasteiger partial charge in [0.2, 0.25) is 0 Å². The molecule has 0 bridgehead atoms. The van der Waals surface area contributed by atoms with Crippen LogP contribution in [0.3, 0.4) is 0 Å². The van der Waals surface area contributed by atoms with Gasteiger partial charge in [0.25, 0.3) is 0 Å². The van der Waals surface area contributed by atoms with Crippen molar-refractivity contribution in [2.24, 2.45) is 0 Å². The third kappa shape index (κ3) is 2.55. The molecular weight excluding hydrogens is 241 g/mol. The molecule has 0 aliphatic carbocycles. The van der Waals surface area contributed by atoms with Gasteiger partial charge in [-0.15, -0.1) is 11.6 Å². The van der Waals surface area contributed by atoms with Gasteiger partial charge >= 0.3 is 6.18 Å². The van der Waals surface area contributed by atoms with Gasteiger partial charge in [-0.25, -0.2) is 0 Å². The van der Waals surface area contributed by atoms with E-state index in [-0.39, 0.29) is 11.1 Å². The number of ketones is 1. The van der Waals surface area contributed by atoms with Gasteiger partial charge in [-0.2, -0.15) is 13.2 Å². The third-order valence-electron chi connectivity index (χ3n) is 2.27. The second-order valence-corrected chi connectivity index (χ2v) is 4.11. The lowest BCUT2D eigenvalue weighted by Crippen LogP contribution is -2.16. The molecule has 1 rings (SSSR count). The summed E-state index contributed by atoms with van der Waals surface area (Å²) in [6.45, 7) is 2.71. The topological polar surface area (TPSA) is 17.1 Å². The van der Waals surface area contributed by atoms with Crippen LogP contribution in [0.25, 0.3) is 0 Å². The van der Waals surface area contributed by atoms with Crippen LogP contribution in [-0.2, 0) is 6.18 Å². The molecule has 0 saturated carbocycles. The molecule has 1 unspecified atom stereocenters. The van der Waals surface area contributed by atoms with Gasteiger partial charge in [0.05, 0.1) is 10.9 Å². The Kier molecular flexibility index (Phi) is 3.63. The van der Waals surface area contributed by atoms with E-state index in [0.29, 0.717) is 0 Å². The lowest BCUT2D eigenvalue weighted by molar-refractivity contribution is -0.138. The monoisotopic (exact) mass is 250 g/mol. The molecule has 5 heteroatoms. The highest BCUT2D eigenvalue weighted by molar-refractivity contribution is 6.33. The van der Waals surface area contributed by atoms with Gasteiger partial charge in [-0.3, -0.25) is 4.79 Å². The van der Waals surface area contributed by atoms with Crippen molar-refractivity contribution in [2.75, 3.05) is 0 Å². The minimum Gasteiger partial charge on any atom is -0.293 e. The molecule has 0 spiro atoms. The summed E-state index contributed by atoms with van der Waals surface area (Å²) in [6.07, 6.45) is -4.45. The van der Waals surface area contributed by atoms with E-state index in [0.717, 1.165) is 6.07 Å². The first kappa shape index (κ1) is 13.0. The number of alkyl halides is 4. The number of hydrogen-bond acceptors (Lipinski definition) is 1. The van der Waals surface area contributed by atoms with Gasteiger partial charge in [-0.1, -0.05) is 12.1 Å². The molecule has 0 fully saturated rings. The Bertz CT molecular complexity index is 410. The van der Waals surface area contributed by atoms with Gasteiger partial charge in [0.15, 0.2) is 5.78 Å². The molecule has 16 heavy (non-hydrogen) atoms. The van der Waals surface area contributed by atoms with Crippen molar-refractivity contribution in [3.63, 3.8) is 0 Å². The summed E-state index contributed by atoms with van der Waals surface area (Å²) in [5, 5.41) is -0.831. The van der Waals surface area contributed by atoms with Crippen LogP contribution in [-0.4, -0.2) is 11.2 Å². The summed E-state index contributed by atoms with van der Waals surface area (Å²) in [7, 11) is 0. The van der Waals surface area contributed by atoms with Crippen LogP contribution in [0.15, 0.2) is 18.2 Å². The quantitative estimate of drug-likeness (QED) is 0.576. The summed E-state index contributed by atoms with van der Waals surface area (Å²) < 4.78 is 37.6. The van der Waals surface area contributed by atoms with Crippen molar-refractivity contribution in [1.29, 1.82) is 0 Å². The maximum Gasteiger partial charge on any atom is 0.416 e. The average molecular weight is 251 g/mol. The van der Waals surface area contributed by atoms with E-state index in [1.165, 1.54) is 26.0 Å². The van der Waals surface area contributed by atoms with Crippen molar-refractivity contribution < 1.29 is 18.0 Å². The van der Waals surface area contributed by atoms with Crippen LogP contribution < -0.4 is 0 Å². The first-order chi connectivity index (χ1) is 7.25. The first-order valence-corrected chi connectivity index (χ1v) is 5.04. The zero-order chi connectivity index (χ0) is 12.5. The third-order valence-corrected chi connectivity index (χ3v) is 2.46. The number of rotatable bonds is 2. The zero-order valence-corrected chi connectivity index (χ0v) is 9.49. The summed E-state index contributed by atoms with van der Waals surface area (Å²) in [5.74, 6) is -0.495. The smallest absolute Gasteiger partial charge is 0.293 e. The highest BCUT2D eigenvalue weighted by atomic mass is 35.5. The molecule has 1 aromatic rings. The van der Waals surface area contributed by atoms with Gasteiger partial charge in [-0.05, 0) is 25.5 Å². The number of benzene rings is 1.